The summed E-state index contributed by atoms with van der Waals surface area (Å²) in [6, 6.07) is 0. The number of allylic oxidation sites excluding steroid dienone is 4. The van der Waals surface area contributed by atoms with Crippen molar-refractivity contribution in [2.45, 2.75) is 70.7 Å². The minimum atomic E-state index is -0.472. The molecular weight excluding hydrogens is 276 g/mol. The molecule has 0 amide bonds. The van der Waals surface area contributed by atoms with E-state index in [0.29, 0.717) is 12.3 Å². The van der Waals surface area contributed by atoms with Gasteiger partial charge in [-0.2, -0.15) is 0 Å². The summed E-state index contributed by atoms with van der Waals surface area (Å²) in [5.74, 6) is 0.330. The Morgan fingerprint density at radius 2 is 1.91 bits per heavy atom. The highest BCUT2D eigenvalue weighted by atomic mass is 16.3. The maximum absolute atomic E-state index is 10.3. The van der Waals surface area contributed by atoms with E-state index in [9.17, 15) is 15.3 Å². The normalized spacial score (nSPS) is 42.7. The molecule has 3 rings (SSSR count). The minimum absolute atomic E-state index is 0.205. The van der Waals surface area contributed by atoms with E-state index in [1.54, 1.807) is 0 Å². The molecule has 0 saturated heterocycles. The second-order valence-corrected chi connectivity index (χ2v) is 7.63. The molecule has 22 heavy (non-hydrogen) atoms. The topological polar surface area (TPSA) is 60.7 Å². The van der Waals surface area contributed by atoms with Gasteiger partial charge in [-0.25, -0.2) is 0 Å². The van der Waals surface area contributed by atoms with Gasteiger partial charge in [-0.15, -0.1) is 0 Å². The fourth-order valence-corrected chi connectivity index (χ4v) is 4.54. The van der Waals surface area contributed by atoms with Gasteiger partial charge < -0.3 is 15.3 Å². The lowest BCUT2D eigenvalue weighted by molar-refractivity contribution is 0.00663. The van der Waals surface area contributed by atoms with Crippen LogP contribution in [0.25, 0.3) is 0 Å². The molecule has 0 radical (unpaired) electrons. The van der Waals surface area contributed by atoms with Crippen molar-refractivity contribution >= 4 is 0 Å². The van der Waals surface area contributed by atoms with E-state index in [2.05, 4.69) is 26.0 Å². The lowest BCUT2D eigenvalue weighted by Crippen LogP contribution is -2.39. The second kappa shape index (κ2) is 5.95. The summed E-state index contributed by atoms with van der Waals surface area (Å²) in [6.45, 7) is 4.24. The predicted octanol–water partition coefficient (Wildman–Crippen LogP) is 2.87. The first-order valence-electron chi connectivity index (χ1n) is 8.53. The Bertz CT molecular complexity index is 531. The third-order valence-corrected chi connectivity index (χ3v) is 6.06. The third kappa shape index (κ3) is 2.82. The molecule has 122 valence electrons. The molecule has 0 unspecified atom stereocenters. The van der Waals surface area contributed by atoms with Gasteiger partial charge in [0, 0.05) is 5.41 Å². The quantitative estimate of drug-likeness (QED) is 0.735. The van der Waals surface area contributed by atoms with Gasteiger partial charge in [-0.3, -0.25) is 0 Å². The van der Waals surface area contributed by atoms with Crippen LogP contribution in [0.3, 0.4) is 0 Å². The van der Waals surface area contributed by atoms with Gasteiger partial charge in [0.2, 0.25) is 0 Å². The van der Waals surface area contributed by atoms with Crippen molar-refractivity contribution in [3.8, 4) is 0 Å². The lowest BCUT2D eigenvalue weighted by atomic mass is 9.67. The Morgan fingerprint density at radius 1 is 1.14 bits per heavy atom. The maximum atomic E-state index is 10.3. The van der Waals surface area contributed by atoms with E-state index >= 15 is 0 Å². The van der Waals surface area contributed by atoms with Crippen LogP contribution in [0.2, 0.25) is 0 Å². The van der Waals surface area contributed by atoms with Gasteiger partial charge in [-0.1, -0.05) is 30.7 Å². The average Bonchev–Trinajstić information content (AvgIpc) is 2.75. The lowest BCUT2D eigenvalue weighted by Gasteiger charge is -2.40. The Hall–Kier alpha value is -0.900. The summed E-state index contributed by atoms with van der Waals surface area (Å²) < 4.78 is 0. The fourth-order valence-electron chi connectivity index (χ4n) is 4.54. The largest absolute Gasteiger partial charge is 0.393 e. The van der Waals surface area contributed by atoms with Crippen LogP contribution in [0.4, 0.5) is 0 Å². The Kier molecular flexibility index (Phi) is 4.32. The van der Waals surface area contributed by atoms with Crippen molar-refractivity contribution in [3.63, 3.8) is 0 Å². The highest BCUT2D eigenvalue weighted by Gasteiger charge is 2.49. The zero-order chi connectivity index (χ0) is 15.9. The smallest absolute Gasteiger partial charge is 0.0733 e. The molecule has 1 fully saturated rings. The van der Waals surface area contributed by atoms with E-state index in [4.69, 9.17) is 0 Å². The molecule has 3 nitrogen and oxygen atoms in total. The number of hydrogen-bond donors (Lipinski definition) is 3. The molecule has 3 aliphatic rings. The SMILES string of the molecule is CC1=C(/C=C/C2=C[C@H](O)C[C@]3(C)[C@H](O)CC[C@@H]23)C[C@H](O)CC1. The first kappa shape index (κ1) is 16.0. The van der Waals surface area contributed by atoms with Gasteiger partial charge in [0.25, 0.3) is 0 Å². The molecule has 3 aliphatic carbocycles. The standard InChI is InChI=1S/C19H28O3/c1-12-3-6-15(20)9-13(12)4-5-14-10-16(21)11-19(2)17(14)7-8-18(19)22/h4-5,10,15-18,20-22H,3,6-9,11H2,1-2H3/b5-4+/t15-,16+,17+,18-,19+/m1/s1. The summed E-state index contributed by atoms with van der Waals surface area (Å²) in [6.07, 6.45) is 10.2. The van der Waals surface area contributed by atoms with Gasteiger partial charge in [0.15, 0.2) is 0 Å². The zero-order valence-corrected chi connectivity index (χ0v) is 13.6. The molecule has 0 aromatic heterocycles. The number of fused-ring (bicyclic) bond motifs is 1. The Balaban J connectivity index is 1.84. The highest BCUT2D eigenvalue weighted by Crippen LogP contribution is 2.52. The van der Waals surface area contributed by atoms with E-state index < -0.39 is 6.10 Å². The molecule has 0 spiro atoms. The molecule has 0 aliphatic heterocycles. The molecule has 1 saturated carbocycles. The monoisotopic (exact) mass is 304 g/mol. The highest BCUT2D eigenvalue weighted by molar-refractivity contribution is 5.37. The van der Waals surface area contributed by atoms with Crippen molar-refractivity contribution < 1.29 is 15.3 Å². The van der Waals surface area contributed by atoms with Crippen LogP contribution in [-0.4, -0.2) is 33.6 Å². The maximum Gasteiger partial charge on any atom is 0.0733 e. The molecule has 0 aromatic carbocycles. The molecule has 3 heteroatoms. The van der Waals surface area contributed by atoms with Crippen LogP contribution in [0.5, 0.6) is 0 Å². The van der Waals surface area contributed by atoms with Crippen LogP contribution in [0.15, 0.2) is 34.9 Å². The Morgan fingerprint density at radius 3 is 2.68 bits per heavy atom. The van der Waals surface area contributed by atoms with Gasteiger partial charge in [0.05, 0.1) is 18.3 Å². The van der Waals surface area contributed by atoms with Gasteiger partial charge in [0.1, 0.15) is 0 Å². The number of rotatable bonds is 2. The zero-order valence-electron chi connectivity index (χ0n) is 13.6. The third-order valence-electron chi connectivity index (χ3n) is 6.06. The minimum Gasteiger partial charge on any atom is -0.393 e. The van der Waals surface area contributed by atoms with Crippen LogP contribution in [0.1, 0.15) is 52.4 Å². The molecule has 5 atom stereocenters. The van der Waals surface area contributed by atoms with Crippen LogP contribution in [0, 0.1) is 11.3 Å². The molecule has 0 aromatic rings. The summed E-state index contributed by atoms with van der Waals surface area (Å²) in [5.41, 5.74) is 3.52. The first-order chi connectivity index (χ1) is 10.4. The fraction of sp³-hybridized carbons (Fsp3) is 0.684. The Labute approximate surface area is 133 Å². The van der Waals surface area contributed by atoms with Gasteiger partial charge >= 0.3 is 0 Å². The van der Waals surface area contributed by atoms with Crippen molar-refractivity contribution in [3.05, 3.63) is 34.9 Å². The molecule has 0 bridgehead atoms. The predicted molar refractivity (Wildman–Crippen MR) is 87.2 cm³/mol. The van der Waals surface area contributed by atoms with Crippen LogP contribution >= 0.6 is 0 Å². The molecule has 3 N–H and O–H groups in total. The molecule has 0 heterocycles. The van der Waals surface area contributed by atoms with Crippen molar-refractivity contribution in [1.82, 2.24) is 0 Å². The summed E-state index contributed by atoms with van der Waals surface area (Å²) >= 11 is 0. The molecular formula is C19H28O3. The van der Waals surface area contributed by atoms with Crippen LogP contribution < -0.4 is 0 Å². The summed E-state index contributed by atoms with van der Waals surface area (Å²) in [5, 5.41) is 30.3. The van der Waals surface area contributed by atoms with Crippen molar-refractivity contribution in [2.75, 3.05) is 0 Å². The summed E-state index contributed by atoms with van der Waals surface area (Å²) in [4.78, 5) is 0. The first-order valence-corrected chi connectivity index (χ1v) is 8.53. The van der Waals surface area contributed by atoms with Crippen molar-refractivity contribution in [2.24, 2.45) is 11.3 Å². The average molecular weight is 304 g/mol. The van der Waals surface area contributed by atoms with Crippen LogP contribution in [-0.2, 0) is 0 Å². The van der Waals surface area contributed by atoms with E-state index in [1.165, 1.54) is 11.1 Å². The van der Waals surface area contributed by atoms with E-state index in [0.717, 1.165) is 37.7 Å². The number of aliphatic hydroxyl groups excluding tert-OH is 3. The van der Waals surface area contributed by atoms with E-state index in [1.807, 2.05) is 6.08 Å². The van der Waals surface area contributed by atoms with E-state index in [-0.39, 0.29) is 17.6 Å². The second-order valence-electron chi connectivity index (χ2n) is 7.63. The van der Waals surface area contributed by atoms with Gasteiger partial charge in [-0.05, 0) is 62.5 Å². The number of aliphatic hydroxyl groups is 3. The number of hydrogen-bond acceptors (Lipinski definition) is 3. The summed E-state index contributed by atoms with van der Waals surface area (Å²) in [7, 11) is 0. The van der Waals surface area contributed by atoms with Crippen molar-refractivity contribution in [1.29, 1.82) is 0 Å².